The Bertz CT molecular complexity index is 782. The number of carbonyl (C=O) groups excluding carboxylic acids is 2. The lowest BCUT2D eigenvalue weighted by atomic mass is 9.78. The van der Waals surface area contributed by atoms with Gasteiger partial charge in [-0.25, -0.2) is 9.69 Å². The molecule has 28 heavy (non-hydrogen) atoms. The molecular formula is C23H31N3O2. The quantitative estimate of drug-likeness (QED) is 0.813. The molecule has 1 heterocycles. The lowest BCUT2D eigenvalue weighted by molar-refractivity contribution is -0.133. The number of carbonyl (C=O) groups is 2. The molecule has 1 spiro atoms. The molecule has 1 aromatic rings. The standard InChI is InChI=1S/C23H31N3O2/c1-16-6-8-19(9-7-16)25(20-10-11-20)15-26-21(27)23(24-22(26)28)13-12-17-4-2-3-5-18(17)14-23/h2-5,16,19-20H,6-15H2,1H3,(H,24,28). The molecule has 0 radical (unpaired) electrons. The van der Waals surface area contributed by atoms with Crippen LogP contribution in [0.25, 0.3) is 0 Å². The Labute approximate surface area is 167 Å². The molecule has 1 atom stereocenters. The molecule has 0 bridgehead atoms. The van der Waals surface area contributed by atoms with Crippen molar-refractivity contribution in [3.05, 3.63) is 35.4 Å². The highest BCUT2D eigenvalue weighted by atomic mass is 16.2. The first-order valence-electron chi connectivity index (χ1n) is 11.0. The van der Waals surface area contributed by atoms with Crippen LogP contribution in [0, 0.1) is 5.92 Å². The summed E-state index contributed by atoms with van der Waals surface area (Å²) in [5, 5.41) is 3.10. The molecule has 4 aliphatic rings. The van der Waals surface area contributed by atoms with Crippen molar-refractivity contribution in [1.29, 1.82) is 0 Å². The molecule has 5 nitrogen and oxygen atoms in total. The first-order chi connectivity index (χ1) is 13.6. The van der Waals surface area contributed by atoms with E-state index in [1.54, 1.807) is 0 Å². The number of nitrogens with one attached hydrogen (secondary N) is 1. The van der Waals surface area contributed by atoms with E-state index in [0.29, 0.717) is 31.6 Å². The molecule has 1 N–H and O–H groups in total. The van der Waals surface area contributed by atoms with E-state index in [2.05, 4.69) is 35.3 Å². The molecule has 5 rings (SSSR count). The Balaban J connectivity index is 1.33. The summed E-state index contributed by atoms with van der Waals surface area (Å²) in [6, 6.07) is 9.19. The minimum atomic E-state index is -0.734. The highest BCUT2D eigenvalue weighted by Gasteiger charge is 2.53. The van der Waals surface area contributed by atoms with Crippen molar-refractivity contribution in [2.45, 2.75) is 82.3 Å². The maximum atomic E-state index is 13.4. The first-order valence-corrected chi connectivity index (χ1v) is 11.0. The summed E-state index contributed by atoms with van der Waals surface area (Å²) in [5.41, 5.74) is 1.77. The van der Waals surface area contributed by atoms with Gasteiger partial charge in [-0.05, 0) is 68.4 Å². The molecule has 3 fully saturated rings. The van der Waals surface area contributed by atoms with Crippen LogP contribution in [0.5, 0.6) is 0 Å². The third-order valence-electron chi connectivity index (χ3n) is 7.45. The second kappa shape index (κ2) is 6.87. The van der Waals surface area contributed by atoms with E-state index in [1.807, 2.05) is 6.07 Å². The number of amides is 3. The van der Waals surface area contributed by atoms with Gasteiger partial charge in [-0.2, -0.15) is 0 Å². The third kappa shape index (κ3) is 3.14. The lowest BCUT2D eigenvalue weighted by Gasteiger charge is -2.38. The molecule has 3 amide bonds. The van der Waals surface area contributed by atoms with E-state index >= 15 is 0 Å². The van der Waals surface area contributed by atoms with Crippen molar-refractivity contribution in [3.63, 3.8) is 0 Å². The lowest BCUT2D eigenvalue weighted by Crippen LogP contribution is -2.52. The normalized spacial score (nSPS) is 32.7. The number of imide groups is 1. The Morgan fingerprint density at radius 2 is 1.68 bits per heavy atom. The van der Waals surface area contributed by atoms with Gasteiger partial charge in [0.1, 0.15) is 5.54 Å². The van der Waals surface area contributed by atoms with Crippen molar-refractivity contribution in [1.82, 2.24) is 15.1 Å². The summed E-state index contributed by atoms with van der Waals surface area (Å²) in [6.07, 6.45) is 9.48. The van der Waals surface area contributed by atoms with Crippen molar-refractivity contribution >= 4 is 11.9 Å². The molecule has 150 valence electrons. The fourth-order valence-corrected chi connectivity index (χ4v) is 5.50. The zero-order valence-electron chi connectivity index (χ0n) is 16.8. The van der Waals surface area contributed by atoms with E-state index in [-0.39, 0.29) is 11.9 Å². The molecule has 0 aromatic heterocycles. The second-order valence-corrected chi connectivity index (χ2v) is 9.49. The highest BCUT2D eigenvalue weighted by molar-refractivity contribution is 6.07. The van der Waals surface area contributed by atoms with Crippen LogP contribution in [0.4, 0.5) is 4.79 Å². The molecule has 1 saturated heterocycles. The van der Waals surface area contributed by atoms with Crippen LogP contribution in [-0.2, 0) is 17.6 Å². The third-order valence-corrected chi connectivity index (χ3v) is 7.45. The Morgan fingerprint density at radius 3 is 2.36 bits per heavy atom. The number of rotatable bonds is 4. The van der Waals surface area contributed by atoms with Crippen LogP contribution in [-0.4, -0.2) is 46.0 Å². The summed E-state index contributed by atoms with van der Waals surface area (Å²) in [7, 11) is 0. The maximum absolute atomic E-state index is 13.4. The van der Waals surface area contributed by atoms with Gasteiger partial charge in [0.05, 0.1) is 6.67 Å². The highest BCUT2D eigenvalue weighted by Crippen LogP contribution is 2.38. The van der Waals surface area contributed by atoms with E-state index in [0.717, 1.165) is 12.3 Å². The average molecular weight is 382 g/mol. The summed E-state index contributed by atoms with van der Waals surface area (Å²) >= 11 is 0. The average Bonchev–Trinajstić information content (AvgIpc) is 3.51. The zero-order valence-corrected chi connectivity index (χ0v) is 16.8. The summed E-state index contributed by atoms with van der Waals surface area (Å²) in [4.78, 5) is 30.3. The molecule has 2 saturated carbocycles. The topological polar surface area (TPSA) is 52.6 Å². The Hall–Kier alpha value is -1.88. The minimum Gasteiger partial charge on any atom is -0.323 e. The molecule has 1 unspecified atom stereocenters. The fourth-order valence-electron chi connectivity index (χ4n) is 5.50. The van der Waals surface area contributed by atoms with Crippen LogP contribution in [0.3, 0.4) is 0 Å². The number of benzene rings is 1. The molecule has 1 aromatic carbocycles. The van der Waals surface area contributed by atoms with Gasteiger partial charge < -0.3 is 5.32 Å². The molecular weight excluding hydrogens is 350 g/mol. The number of urea groups is 1. The van der Waals surface area contributed by atoms with Crippen LogP contribution in [0.2, 0.25) is 0 Å². The van der Waals surface area contributed by atoms with Gasteiger partial charge in [0.25, 0.3) is 5.91 Å². The smallest absolute Gasteiger partial charge is 0.323 e. The van der Waals surface area contributed by atoms with Crippen LogP contribution in [0.1, 0.15) is 63.0 Å². The zero-order chi connectivity index (χ0) is 19.3. The second-order valence-electron chi connectivity index (χ2n) is 9.49. The van der Waals surface area contributed by atoms with Gasteiger partial charge in [0.2, 0.25) is 0 Å². The van der Waals surface area contributed by atoms with Gasteiger partial charge >= 0.3 is 6.03 Å². The predicted octanol–water partition coefficient (Wildman–Crippen LogP) is 3.47. The summed E-state index contributed by atoms with van der Waals surface area (Å²) < 4.78 is 0. The van der Waals surface area contributed by atoms with Crippen LogP contribution >= 0.6 is 0 Å². The fraction of sp³-hybridized carbons (Fsp3) is 0.652. The van der Waals surface area contributed by atoms with Gasteiger partial charge in [-0.15, -0.1) is 0 Å². The molecule has 3 aliphatic carbocycles. The molecule has 5 heteroatoms. The van der Waals surface area contributed by atoms with Crippen molar-refractivity contribution in [3.8, 4) is 0 Å². The summed E-state index contributed by atoms with van der Waals surface area (Å²) in [5.74, 6) is 0.793. The van der Waals surface area contributed by atoms with Crippen molar-refractivity contribution in [2.24, 2.45) is 5.92 Å². The number of fused-ring (bicyclic) bond motifs is 1. The van der Waals surface area contributed by atoms with E-state index in [9.17, 15) is 9.59 Å². The Morgan fingerprint density at radius 1 is 1.04 bits per heavy atom. The van der Waals surface area contributed by atoms with Crippen molar-refractivity contribution in [2.75, 3.05) is 6.67 Å². The minimum absolute atomic E-state index is 0.0122. The first kappa shape index (κ1) is 18.2. The van der Waals surface area contributed by atoms with E-state index in [1.165, 1.54) is 54.6 Å². The van der Waals surface area contributed by atoms with Gasteiger partial charge in [0, 0.05) is 18.5 Å². The van der Waals surface area contributed by atoms with E-state index < -0.39 is 5.54 Å². The maximum Gasteiger partial charge on any atom is 0.326 e. The number of hydrogen-bond acceptors (Lipinski definition) is 3. The van der Waals surface area contributed by atoms with Gasteiger partial charge in [-0.3, -0.25) is 9.69 Å². The van der Waals surface area contributed by atoms with Crippen molar-refractivity contribution < 1.29 is 9.59 Å². The number of hydrogen-bond donors (Lipinski definition) is 1. The predicted molar refractivity (Wildman–Crippen MR) is 108 cm³/mol. The van der Waals surface area contributed by atoms with Gasteiger partial charge in [-0.1, -0.05) is 31.2 Å². The van der Waals surface area contributed by atoms with Crippen LogP contribution < -0.4 is 5.32 Å². The number of aryl methyl sites for hydroxylation is 1. The monoisotopic (exact) mass is 381 g/mol. The SMILES string of the molecule is CC1CCC(N(CN2C(=O)NC3(CCc4ccccc4C3)C2=O)C2CC2)CC1. The molecule has 1 aliphatic heterocycles. The van der Waals surface area contributed by atoms with Crippen LogP contribution in [0.15, 0.2) is 24.3 Å². The van der Waals surface area contributed by atoms with Gasteiger partial charge in [0.15, 0.2) is 0 Å². The Kier molecular flexibility index (Phi) is 4.46. The van der Waals surface area contributed by atoms with E-state index in [4.69, 9.17) is 0 Å². The summed E-state index contributed by atoms with van der Waals surface area (Å²) in [6.45, 7) is 2.80. The largest absolute Gasteiger partial charge is 0.326 e. The number of nitrogens with zero attached hydrogens (tertiary/aromatic N) is 2.